The van der Waals surface area contributed by atoms with Gasteiger partial charge >= 0.3 is 42.1 Å². The van der Waals surface area contributed by atoms with Gasteiger partial charge in [-0.15, -0.1) is 23.4 Å². The van der Waals surface area contributed by atoms with Crippen LogP contribution in [0.3, 0.4) is 0 Å². The summed E-state index contributed by atoms with van der Waals surface area (Å²) < 4.78 is 19.1. The Hall–Kier alpha value is -5.18. The fourth-order valence-corrected chi connectivity index (χ4v) is 6.19. The van der Waals surface area contributed by atoms with Crippen molar-refractivity contribution in [2.75, 3.05) is 0 Å². The predicted molar refractivity (Wildman–Crippen MR) is 181 cm³/mol. The van der Waals surface area contributed by atoms with Crippen LogP contribution < -0.4 is 9.97 Å². The van der Waals surface area contributed by atoms with E-state index in [-0.39, 0.29) is 42.1 Å². The van der Waals surface area contributed by atoms with E-state index in [0.717, 1.165) is 72.0 Å². The molecule has 14 heteroatoms. The van der Waals surface area contributed by atoms with Crippen LogP contribution in [0.5, 0.6) is 0 Å². The number of hydrogen-bond donors (Lipinski definition) is 0. The number of rotatable bonds is 4. The van der Waals surface area contributed by atoms with Gasteiger partial charge in [0.15, 0.2) is 11.6 Å². The third-order valence-electron chi connectivity index (χ3n) is 8.51. The van der Waals surface area contributed by atoms with Crippen LogP contribution in [-0.4, -0.2) is 38.2 Å². The van der Waals surface area contributed by atoms with Crippen LogP contribution in [0, 0.1) is 12.5 Å². The minimum Gasteiger partial charge on any atom is -0.654 e. The minimum atomic E-state index is 0. The molecule has 0 aliphatic carbocycles. The number of aromatic nitrogens is 10. The van der Waals surface area contributed by atoms with Crippen LogP contribution in [0.25, 0.3) is 89.3 Å². The first-order valence-electron chi connectivity index (χ1n) is 15.1. The summed E-state index contributed by atoms with van der Waals surface area (Å²) >= 11 is 0. The molecule has 0 radical (unpaired) electrons. The van der Waals surface area contributed by atoms with Crippen molar-refractivity contribution in [3.05, 3.63) is 98.8 Å². The molecule has 10 aromatic rings. The summed E-state index contributed by atoms with van der Waals surface area (Å²) in [7, 11) is 7.72. The van der Waals surface area contributed by atoms with Gasteiger partial charge in [-0.3, -0.25) is 0 Å². The molecule has 0 atom stereocenters. The molecule has 8 heterocycles. The molecule has 0 aliphatic heterocycles. The molecular formula is C36H26N10O2Pt2. The summed E-state index contributed by atoms with van der Waals surface area (Å²) in [6.45, 7) is 0. The zero-order valence-corrected chi connectivity index (χ0v) is 31.5. The predicted octanol–water partition coefficient (Wildman–Crippen LogP) is 6.28. The summed E-state index contributed by atoms with van der Waals surface area (Å²) in [4.78, 5) is 27.1. The van der Waals surface area contributed by atoms with E-state index in [9.17, 15) is 0 Å². The molecule has 50 heavy (non-hydrogen) atoms. The second-order valence-corrected chi connectivity index (χ2v) is 11.7. The first kappa shape index (κ1) is 33.3. The van der Waals surface area contributed by atoms with Gasteiger partial charge in [-0.25, -0.2) is 9.97 Å². The van der Waals surface area contributed by atoms with Gasteiger partial charge < -0.3 is 47.0 Å². The van der Waals surface area contributed by atoms with Gasteiger partial charge in [0.1, 0.15) is 0 Å². The van der Waals surface area contributed by atoms with Crippen LogP contribution in [0.15, 0.2) is 95.1 Å². The van der Waals surface area contributed by atoms with E-state index in [2.05, 4.69) is 44.6 Å². The Bertz CT molecular complexity index is 2570. The van der Waals surface area contributed by atoms with Crippen molar-refractivity contribution >= 4 is 43.6 Å². The van der Waals surface area contributed by atoms with E-state index >= 15 is 0 Å². The molecule has 0 fully saturated rings. The van der Waals surface area contributed by atoms with Crippen molar-refractivity contribution in [2.45, 2.75) is 0 Å². The molecular weight excluding hydrogens is 995 g/mol. The topological polar surface area (TPSA) is 126 Å². The van der Waals surface area contributed by atoms with Crippen LogP contribution in [-0.2, 0) is 70.3 Å². The number of nitrogens with zero attached hydrogens (tertiary/aromatic N) is 10. The summed E-state index contributed by atoms with van der Waals surface area (Å²) in [5.41, 5.74) is 7.26. The van der Waals surface area contributed by atoms with Crippen LogP contribution in [0.4, 0.5) is 0 Å². The monoisotopic (exact) mass is 1020 g/mol. The van der Waals surface area contributed by atoms with E-state index in [1.54, 1.807) is 31.2 Å². The quantitative estimate of drug-likeness (QED) is 0.189. The van der Waals surface area contributed by atoms with Gasteiger partial charge in [-0.2, -0.15) is 0 Å². The van der Waals surface area contributed by atoms with Crippen LogP contribution >= 0.6 is 0 Å². The van der Waals surface area contributed by atoms with Crippen molar-refractivity contribution in [1.29, 1.82) is 0 Å². The largest absolute Gasteiger partial charge is 2.00 e. The number of aryl methyl sites for hydroxylation is 4. The van der Waals surface area contributed by atoms with E-state index in [1.165, 1.54) is 0 Å². The number of hydrogen-bond acceptors (Lipinski definition) is 6. The van der Waals surface area contributed by atoms with E-state index < -0.39 is 0 Å². The fraction of sp³-hybridized carbons (Fsp3) is 0.111. The van der Waals surface area contributed by atoms with Gasteiger partial charge in [0, 0.05) is 55.6 Å². The van der Waals surface area contributed by atoms with Gasteiger partial charge in [-0.1, -0.05) is 64.9 Å². The number of furan rings is 2. The molecule has 0 aliphatic rings. The van der Waals surface area contributed by atoms with Crippen LogP contribution in [0.2, 0.25) is 0 Å². The van der Waals surface area contributed by atoms with E-state index in [1.807, 2.05) is 89.3 Å². The zero-order chi connectivity index (χ0) is 32.5. The van der Waals surface area contributed by atoms with Crippen molar-refractivity contribution in [2.24, 2.45) is 28.2 Å². The second kappa shape index (κ2) is 12.9. The summed E-state index contributed by atoms with van der Waals surface area (Å²) in [6.07, 6.45) is 20.4. The molecule has 252 valence electrons. The van der Waals surface area contributed by atoms with Crippen molar-refractivity contribution in [1.82, 2.24) is 48.2 Å². The molecule has 0 N–H and O–H groups in total. The summed E-state index contributed by atoms with van der Waals surface area (Å²) in [6, 6.07) is 12.2. The van der Waals surface area contributed by atoms with E-state index in [0.29, 0.717) is 17.3 Å². The molecule has 2 aromatic carbocycles. The second-order valence-electron chi connectivity index (χ2n) is 11.7. The number of para-hydroxylation sites is 2. The molecule has 0 unspecified atom stereocenters. The third kappa shape index (κ3) is 5.30. The first-order chi connectivity index (χ1) is 23.4. The summed E-state index contributed by atoms with van der Waals surface area (Å²) in [5.74, 6) is 2.83. The standard InChI is InChI=1S/2C18H13N5O.2Pt/c2*1-22-8-14(20-10-22)12-5-3-4-11-13-9-24-17(16(13)21-15(11)12)18-19-6-7-23(18)2;;/h3-5,7-10H,1-2H3;3-9H,1-2H3;;/q2*-2;2*+2. The number of fused-ring (bicyclic) bond motifs is 6. The molecule has 0 saturated heterocycles. The van der Waals surface area contributed by atoms with Gasteiger partial charge in [0.2, 0.25) is 0 Å². The molecule has 12 nitrogen and oxygen atoms in total. The maximum Gasteiger partial charge on any atom is 2.00 e. The maximum atomic E-state index is 5.77. The minimum absolute atomic E-state index is 0. The molecule has 8 aromatic heterocycles. The number of benzene rings is 2. The van der Waals surface area contributed by atoms with Gasteiger partial charge in [0.25, 0.3) is 0 Å². The normalized spacial score (nSPS) is 11.3. The van der Waals surface area contributed by atoms with Gasteiger partial charge in [0.05, 0.1) is 30.3 Å². The van der Waals surface area contributed by atoms with E-state index in [4.69, 9.17) is 18.8 Å². The van der Waals surface area contributed by atoms with Crippen LogP contribution in [0.1, 0.15) is 0 Å². The van der Waals surface area contributed by atoms with Crippen molar-refractivity contribution in [3.63, 3.8) is 0 Å². The average molecular weight is 1020 g/mol. The molecule has 10 rings (SSSR count). The van der Waals surface area contributed by atoms with Gasteiger partial charge in [-0.05, 0) is 30.4 Å². The third-order valence-corrected chi connectivity index (χ3v) is 8.51. The Morgan fingerprint density at radius 1 is 0.660 bits per heavy atom. The Morgan fingerprint density at radius 2 is 1.30 bits per heavy atom. The smallest absolute Gasteiger partial charge is 0.654 e. The molecule has 0 saturated carbocycles. The fourth-order valence-electron chi connectivity index (χ4n) is 6.19. The van der Waals surface area contributed by atoms with Crippen molar-refractivity contribution in [3.8, 4) is 45.7 Å². The van der Waals surface area contributed by atoms with Crippen molar-refractivity contribution < 1.29 is 51.0 Å². The Kier molecular flexibility index (Phi) is 8.62. The molecule has 0 bridgehead atoms. The molecule has 0 spiro atoms. The summed E-state index contributed by atoms with van der Waals surface area (Å²) in [5, 5.41) is 4.09. The number of imidazole rings is 4. The Balaban J connectivity index is 0.000000151. The first-order valence-corrected chi connectivity index (χ1v) is 15.1. The Labute approximate surface area is 313 Å². The zero-order valence-electron chi connectivity index (χ0n) is 27.0. The average Bonchev–Trinajstić information content (AvgIpc) is 3.92. The maximum absolute atomic E-state index is 5.77. The SMILES string of the molecule is Cn1[c-]nc(-c2cccc3c2[n-]c2c(-c4nccn4C)occ23)c1.Cn1cnc(-c2cccc3c2[n-]c2c(-c4n[c-]cn4C)occ23)c1.[Pt+2].[Pt+2]. The Morgan fingerprint density at radius 3 is 1.82 bits per heavy atom. The molecule has 0 amide bonds.